The van der Waals surface area contributed by atoms with E-state index in [2.05, 4.69) is 11.4 Å². The quantitative estimate of drug-likeness (QED) is 0.881. The number of rotatable bonds is 4. The van der Waals surface area contributed by atoms with E-state index in [1.165, 1.54) is 24.3 Å². The Morgan fingerprint density at radius 1 is 1.50 bits per heavy atom. The second-order valence-corrected chi connectivity index (χ2v) is 5.51. The lowest BCUT2D eigenvalue weighted by atomic mass is 9.69. The van der Waals surface area contributed by atoms with Crippen molar-refractivity contribution in [3.05, 3.63) is 35.6 Å². The van der Waals surface area contributed by atoms with Gasteiger partial charge < -0.3 is 10.4 Å². The molecule has 0 heterocycles. The van der Waals surface area contributed by atoms with Gasteiger partial charge in [0, 0.05) is 0 Å². The maximum atomic E-state index is 12.9. The lowest BCUT2D eigenvalue weighted by Crippen LogP contribution is -2.48. The van der Waals surface area contributed by atoms with Gasteiger partial charge in [0.05, 0.1) is 12.6 Å². The minimum Gasteiger partial charge on any atom is -0.384 e. The van der Waals surface area contributed by atoms with Crippen LogP contribution in [0.25, 0.3) is 0 Å². The van der Waals surface area contributed by atoms with Crippen molar-refractivity contribution in [3.8, 4) is 6.07 Å². The fraction of sp³-hybridized carbons (Fsp3) is 0.467. The van der Waals surface area contributed by atoms with Gasteiger partial charge in [-0.1, -0.05) is 12.1 Å². The Morgan fingerprint density at radius 2 is 2.10 bits per heavy atom. The minimum atomic E-state index is -1.30. The van der Waals surface area contributed by atoms with Crippen molar-refractivity contribution in [1.29, 1.82) is 5.26 Å². The van der Waals surface area contributed by atoms with Crippen molar-refractivity contribution in [2.75, 3.05) is 6.54 Å². The summed E-state index contributed by atoms with van der Waals surface area (Å²) in [5.41, 5.74) is -1.72. The molecule has 0 radical (unpaired) electrons. The van der Waals surface area contributed by atoms with Gasteiger partial charge in [-0.05, 0) is 43.9 Å². The zero-order valence-electron chi connectivity index (χ0n) is 11.3. The molecule has 1 aliphatic rings. The molecule has 1 aromatic carbocycles. The van der Waals surface area contributed by atoms with Gasteiger partial charge in [0.15, 0.2) is 0 Å². The molecule has 106 valence electrons. The van der Waals surface area contributed by atoms with Crippen LogP contribution in [0.15, 0.2) is 24.3 Å². The molecule has 0 saturated heterocycles. The largest absolute Gasteiger partial charge is 0.384 e. The third kappa shape index (κ3) is 2.66. The number of hydrogen-bond acceptors (Lipinski definition) is 3. The molecule has 0 aliphatic heterocycles. The van der Waals surface area contributed by atoms with E-state index in [0.717, 1.165) is 6.42 Å². The van der Waals surface area contributed by atoms with Crippen LogP contribution in [0.3, 0.4) is 0 Å². The zero-order chi connectivity index (χ0) is 14.8. The SMILES string of the molecule is CC(O)(CNC(=O)C1(C#N)CCC1)c1ccc(F)cc1. The van der Waals surface area contributed by atoms with Gasteiger partial charge in [-0.3, -0.25) is 4.79 Å². The first kappa shape index (κ1) is 14.5. The zero-order valence-corrected chi connectivity index (χ0v) is 11.3. The molecule has 1 saturated carbocycles. The summed E-state index contributed by atoms with van der Waals surface area (Å²) in [5, 5.41) is 22.0. The number of aliphatic hydroxyl groups is 1. The van der Waals surface area contributed by atoms with Crippen molar-refractivity contribution in [2.24, 2.45) is 5.41 Å². The highest BCUT2D eigenvalue weighted by atomic mass is 19.1. The van der Waals surface area contributed by atoms with E-state index in [4.69, 9.17) is 5.26 Å². The molecule has 1 aliphatic carbocycles. The fourth-order valence-electron chi connectivity index (χ4n) is 2.25. The molecule has 1 fully saturated rings. The number of nitrogens with one attached hydrogen (secondary N) is 1. The summed E-state index contributed by atoms with van der Waals surface area (Å²) in [5.74, 6) is -0.722. The molecule has 1 atom stereocenters. The second-order valence-electron chi connectivity index (χ2n) is 5.51. The molecular formula is C15H17FN2O2. The molecule has 20 heavy (non-hydrogen) atoms. The van der Waals surface area contributed by atoms with E-state index >= 15 is 0 Å². The molecule has 4 nitrogen and oxygen atoms in total. The predicted octanol–water partition coefficient (Wildman–Crippen LogP) is 1.84. The van der Waals surface area contributed by atoms with E-state index in [-0.39, 0.29) is 18.3 Å². The van der Waals surface area contributed by atoms with Crippen molar-refractivity contribution in [1.82, 2.24) is 5.32 Å². The molecule has 2 N–H and O–H groups in total. The normalized spacial score (nSPS) is 19.3. The summed E-state index contributed by atoms with van der Waals surface area (Å²) >= 11 is 0. The number of nitrogens with zero attached hydrogens (tertiary/aromatic N) is 1. The molecule has 1 aromatic rings. The lowest BCUT2D eigenvalue weighted by Gasteiger charge is -2.34. The van der Waals surface area contributed by atoms with Crippen LogP contribution in [0, 0.1) is 22.6 Å². The molecule has 0 spiro atoms. The highest BCUT2D eigenvalue weighted by Crippen LogP contribution is 2.40. The minimum absolute atomic E-state index is 0.0130. The van der Waals surface area contributed by atoms with Gasteiger partial charge in [-0.15, -0.1) is 0 Å². The molecule has 2 rings (SSSR count). The first-order chi connectivity index (χ1) is 9.39. The first-order valence-electron chi connectivity index (χ1n) is 6.58. The molecule has 0 bridgehead atoms. The smallest absolute Gasteiger partial charge is 0.240 e. The van der Waals surface area contributed by atoms with Crippen molar-refractivity contribution >= 4 is 5.91 Å². The van der Waals surface area contributed by atoms with E-state index in [1.54, 1.807) is 6.92 Å². The van der Waals surface area contributed by atoms with Gasteiger partial charge in [-0.2, -0.15) is 5.26 Å². The number of amides is 1. The van der Waals surface area contributed by atoms with Crippen LogP contribution in [0.1, 0.15) is 31.7 Å². The Morgan fingerprint density at radius 3 is 2.55 bits per heavy atom. The van der Waals surface area contributed by atoms with Gasteiger partial charge in [0.1, 0.15) is 16.8 Å². The monoisotopic (exact) mass is 276 g/mol. The van der Waals surface area contributed by atoms with Gasteiger partial charge in [0.25, 0.3) is 0 Å². The molecular weight excluding hydrogens is 259 g/mol. The van der Waals surface area contributed by atoms with Crippen molar-refractivity contribution in [2.45, 2.75) is 31.8 Å². The number of carbonyl (C=O) groups excluding carboxylic acids is 1. The van der Waals surface area contributed by atoms with Crippen molar-refractivity contribution < 1.29 is 14.3 Å². The Bertz CT molecular complexity index is 542. The number of hydrogen-bond donors (Lipinski definition) is 2. The number of carbonyl (C=O) groups is 1. The summed E-state index contributed by atoms with van der Waals surface area (Å²) in [6.45, 7) is 1.53. The number of benzene rings is 1. The first-order valence-corrected chi connectivity index (χ1v) is 6.58. The van der Waals surface area contributed by atoms with Crippen LogP contribution >= 0.6 is 0 Å². The Labute approximate surface area is 117 Å². The van der Waals surface area contributed by atoms with E-state index < -0.39 is 11.0 Å². The summed E-state index contributed by atoms with van der Waals surface area (Å²) in [6.07, 6.45) is 2.00. The Hall–Kier alpha value is -1.93. The lowest BCUT2D eigenvalue weighted by molar-refractivity contribution is -0.133. The molecule has 5 heteroatoms. The Balaban J connectivity index is 2.01. The maximum absolute atomic E-state index is 12.9. The number of halogens is 1. The van der Waals surface area contributed by atoms with Gasteiger partial charge in [-0.25, -0.2) is 4.39 Å². The van der Waals surface area contributed by atoms with Gasteiger partial charge >= 0.3 is 0 Å². The third-order valence-corrected chi connectivity index (χ3v) is 3.92. The van der Waals surface area contributed by atoms with E-state index in [1.807, 2.05) is 0 Å². The predicted molar refractivity (Wildman–Crippen MR) is 70.9 cm³/mol. The summed E-state index contributed by atoms with van der Waals surface area (Å²) < 4.78 is 12.9. The Kier molecular flexibility index (Phi) is 3.78. The van der Waals surface area contributed by atoms with Gasteiger partial charge in [0.2, 0.25) is 5.91 Å². The fourth-order valence-corrected chi connectivity index (χ4v) is 2.25. The summed E-state index contributed by atoms with van der Waals surface area (Å²) in [4.78, 5) is 12.0. The van der Waals surface area contributed by atoms with Crippen LogP contribution in [-0.2, 0) is 10.4 Å². The van der Waals surface area contributed by atoms with Crippen LogP contribution < -0.4 is 5.32 Å². The standard InChI is InChI=1S/C15H17FN2O2/c1-14(20,11-3-5-12(16)6-4-11)10-18-13(19)15(9-17)7-2-8-15/h3-6,20H,2,7-8,10H2,1H3,(H,18,19). The summed E-state index contributed by atoms with van der Waals surface area (Å²) in [7, 11) is 0. The van der Waals surface area contributed by atoms with E-state index in [9.17, 15) is 14.3 Å². The van der Waals surface area contributed by atoms with Crippen LogP contribution in [0.5, 0.6) is 0 Å². The molecule has 1 amide bonds. The highest BCUT2D eigenvalue weighted by molar-refractivity contribution is 5.86. The molecule has 0 aromatic heterocycles. The third-order valence-electron chi connectivity index (χ3n) is 3.92. The van der Waals surface area contributed by atoms with E-state index in [0.29, 0.717) is 18.4 Å². The number of nitriles is 1. The van der Waals surface area contributed by atoms with Crippen LogP contribution in [-0.4, -0.2) is 17.6 Å². The maximum Gasteiger partial charge on any atom is 0.240 e. The second kappa shape index (κ2) is 5.22. The summed E-state index contributed by atoms with van der Waals surface area (Å²) in [6, 6.07) is 7.53. The van der Waals surface area contributed by atoms with Crippen LogP contribution in [0.4, 0.5) is 4.39 Å². The highest BCUT2D eigenvalue weighted by Gasteiger charge is 2.45. The topological polar surface area (TPSA) is 73.1 Å². The average Bonchev–Trinajstić information content (AvgIpc) is 2.36. The average molecular weight is 276 g/mol. The van der Waals surface area contributed by atoms with Crippen molar-refractivity contribution in [3.63, 3.8) is 0 Å². The molecule has 1 unspecified atom stereocenters. The van der Waals surface area contributed by atoms with Crippen LogP contribution in [0.2, 0.25) is 0 Å².